The number of rotatable bonds is 9. The van der Waals surface area contributed by atoms with Crippen molar-refractivity contribution >= 4 is 23.6 Å². The molecule has 0 saturated heterocycles. The van der Waals surface area contributed by atoms with E-state index in [1.165, 1.54) is 82.9 Å². The summed E-state index contributed by atoms with van der Waals surface area (Å²) in [5.74, 6) is -0.458. The Labute approximate surface area is 180 Å². The lowest BCUT2D eigenvalue weighted by molar-refractivity contribution is -0.140. The molecule has 29 heavy (non-hydrogen) atoms. The van der Waals surface area contributed by atoms with Crippen LogP contribution in [-0.2, 0) is 9.59 Å². The largest absolute Gasteiger partial charge is 0.480 e. The minimum absolute atomic E-state index is 0.00855. The molecular formula is C22H40N2O4S. The first-order valence-electron chi connectivity index (χ1n) is 11.0. The van der Waals surface area contributed by atoms with Crippen LogP contribution in [0.5, 0.6) is 0 Å². The number of hydrogen-bond acceptors (Lipinski definition) is 5. The van der Waals surface area contributed by atoms with E-state index in [1.807, 2.05) is 6.08 Å². The van der Waals surface area contributed by atoms with Crippen molar-refractivity contribution in [3.63, 3.8) is 0 Å². The Hall–Kier alpha value is -1.05. The van der Waals surface area contributed by atoms with E-state index in [0.717, 1.165) is 17.7 Å². The third-order valence-electron chi connectivity index (χ3n) is 5.44. The molecular weight excluding hydrogens is 388 g/mol. The van der Waals surface area contributed by atoms with E-state index >= 15 is 0 Å². The molecule has 0 radical (unpaired) electrons. The summed E-state index contributed by atoms with van der Waals surface area (Å²) in [6.45, 7) is 3.09. The summed E-state index contributed by atoms with van der Waals surface area (Å²) in [7, 11) is 0. The summed E-state index contributed by atoms with van der Waals surface area (Å²) in [5.41, 5.74) is 0.846. The van der Waals surface area contributed by atoms with E-state index in [-0.39, 0.29) is 12.5 Å². The van der Waals surface area contributed by atoms with Gasteiger partial charge in [0.25, 0.3) is 0 Å². The number of aliphatic hydroxyl groups excluding tert-OH is 1. The quantitative estimate of drug-likeness (QED) is 0.331. The van der Waals surface area contributed by atoms with Gasteiger partial charge < -0.3 is 20.8 Å². The topological polar surface area (TPSA) is 98.7 Å². The van der Waals surface area contributed by atoms with Crippen LogP contribution in [0, 0.1) is 0 Å². The van der Waals surface area contributed by atoms with E-state index in [2.05, 4.69) is 10.6 Å². The van der Waals surface area contributed by atoms with Gasteiger partial charge in [-0.1, -0.05) is 50.2 Å². The van der Waals surface area contributed by atoms with Crippen LogP contribution in [0.2, 0.25) is 0 Å². The number of carbonyl (C=O) groups is 2. The Kier molecular flexibility index (Phi) is 14.1. The van der Waals surface area contributed by atoms with Gasteiger partial charge in [-0.3, -0.25) is 4.79 Å². The second-order valence-corrected chi connectivity index (χ2v) is 9.25. The van der Waals surface area contributed by atoms with Crippen molar-refractivity contribution in [3.05, 3.63) is 11.6 Å². The van der Waals surface area contributed by atoms with E-state index in [4.69, 9.17) is 10.2 Å². The van der Waals surface area contributed by atoms with Gasteiger partial charge in [0.05, 0.1) is 6.61 Å². The normalized spacial score (nSPS) is 19.8. The highest BCUT2D eigenvalue weighted by Gasteiger charge is 2.19. The lowest BCUT2D eigenvalue weighted by atomic mass is 9.91. The molecule has 2 aliphatic carbocycles. The average Bonchev–Trinajstić information content (AvgIpc) is 2.71. The second-order valence-electron chi connectivity index (χ2n) is 8.17. The van der Waals surface area contributed by atoms with Gasteiger partial charge >= 0.3 is 5.97 Å². The van der Waals surface area contributed by atoms with Crippen LogP contribution >= 0.6 is 11.8 Å². The van der Waals surface area contributed by atoms with Crippen molar-refractivity contribution in [2.45, 2.75) is 96.2 Å². The van der Waals surface area contributed by atoms with Crippen LogP contribution in [0.3, 0.4) is 0 Å². The standard InChI is InChI=1S/C12H23N.C10H17NO4S/c1-3-7-11(8-4-1)13-12-9-5-2-6-10-12;1-7(5-12)3-4-16-6-9(10(14)15)11-8(2)13/h11-13H,1-10H2;3,9,12H,4-6H2,1-2H3,(H,11,13)(H,14,15)/b;7-3+/t;9-/m.0/s1. The van der Waals surface area contributed by atoms with Crippen molar-refractivity contribution in [1.82, 2.24) is 10.6 Å². The number of aliphatic hydroxyl groups is 1. The van der Waals surface area contributed by atoms with Crippen LogP contribution in [0.1, 0.15) is 78.1 Å². The predicted octanol–water partition coefficient (Wildman–Crippen LogP) is 3.49. The molecule has 4 N–H and O–H groups in total. The van der Waals surface area contributed by atoms with Crippen LogP contribution in [0.15, 0.2) is 11.6 Å². The molecule has 2 fully saturated rings. The Bertz CT molecular complexity index is 485. The molecule has 0 aromatic rings. The Morgan fingerprint density at radius 1 is 1.00 bits per heavy atom. The fourth-order valence-corrected chi connectivity index (χ4v) is 4.74. The smallest absolute Gasteiger partial charge is 0.327 e. The summed E-state index contributed by atoms with van der Waals surface area (Å²) in [6.07, 6.45) is 16.4. The van der Waals surface area contributed by atoms with Gasteiger partial charge in [-0.25, -0.2) is 4.79 Å². The molecule has 168 valence electrons. The number of carboxylic acid groups (broad SMARTS) is 1. The van der Waals surface area contributed by atoms with Crippen LogP contribution in [0.25, 0.3) is 0 Å². The van der Waals surface area contributed by atoms with Crippen LogP contribution in [-0.4, -0.2) is 58.3 Å². The Morgan fingerprint density at radius 3 is 1.93 bits per heavy atom. The molecule has 7 heteroatoms. The zero-order chi connectivity index (χ0) is 21.5. The molecule has 2 aliphatic rings. The van der Waals surface area contributed by atoms with Gasteiger partial charge in [0, 0.05) is 30.5 Å². The van der Waals surface area contributed by atoms with E-state index in [0.29, 0.717) is 11.5 Å². The number of thioether (sulfide) groups is 1. The van der Waals surface area contributed by atoms with Crippen molar-refractivity contribution in [1.29, 1.82) is 0 Å². The van der Waals surface area contributed by atoms with Crippen molar-refractivity contribution < 1.29 is 19.8 Å². The number of nitrogens with one attached hydrogen (secondary N) is 2. The molecule has 1 atom stereocenters. The molecule has 2 rings (SSSR count). The number of aliphatic carboxylic acids is 1. The zero-order valence-electron chi connectivity index (χ0n) is 18.1. The van der Waals surface area contributed by atoms with Crippen molar-refractivity contribution in [3.8, 4) is 0 Å². The molecule has 0 heterocycles. The van der Waals surface area contributed by atoms with Gasteiger partial charge in [0.15, 0.2) is 0 Å². The fourth-order valence-electron chi connectivity index (χ4n) is 3.74. The van der Waals surface area contributed by atoms with E-state index in [1.54, 1.807) is 6.92 Å². The van der Waals surface area contributed by atoms with Crippen molar-refractivity contribution in [2.75, 3.05) is 18.1 Å². The molecule has 0 aliphatic heterocycles. The first kappa shape index (κ1) is 26.0. The third-order valence-corrected chi connectivity index (χ3v) is 6.41. The summed E-state index contributed by atoms with van der Waals surface area (Å²) < 4.78 is 0. The summed E-state index contributed by atoms with van der Waals surface area (Å²) >= 11 is 1.39. The highest BCUT2D eigenvalue weighted by Crippen LogP contribution is 2.22. The monoisotopic (exact) mass is 428 g/mol. The first-order chi connectivity index (χ1) is 13.9. The first-order valence-corrected chi connectivity index (χ1v) is 12.2. The zero-order valence-corrected chi connectivity index (χ0v) is 18.9. The Morgan fingerprint density at radius 2 is 1.52 bits per heavy atom. The lowest BCUT2D eigenvalue weighted by Crippen LogP contribution is -2.41. The molecule has 0 bridgehead atoms. The molecule has 0 aromatic carbocycles. The molecule has 2 saturated carbocycles. The highest BCUT2D eigenvalue weighted by molar-refractivity contribution is 7.99. The SMILES string of the molecule is C1CCC(NC2CCCCC2)CC1.CC(=O)N[C@@H](CSC/C=C(\C)CO)C(=O)O. The maximum Gasteiger partial charge on any atom is 0.327 e. The van der Waals surface area contributed by atoms with Gasteiger partial charge in [-0.05, 0) is 32.6 Å². The number of amides is 1. The van der Waals surface area contributed by atoms with Gasteiger partial charge in [-0.15, -0.1) is 0 Å². The minimum Gasteiger partial charge on any atom is -0.480 e. The molecule has 6 nitrogen and oxygen atoms in total. The van der Waals surface area contributed by atoms with Crippen LogP contribution in [0.4, 0.5) is 0 Å². The maximum absolute atomic E-state index is 10.7. The third kappa shape index (κ3) is 13.0. The molecule has 0 aromatic heterocycles. The molecule has 1 amide bonds. The van der Waals surface area contributed by atoms with Crippen LogP contribution < -0.4 is 10.6 Å². The molecule has 0 unspecified atom stereocenters. The van der Waals surface area contributed by atoms with Crippen molar-refractivity contribution in [2.24, 2.45) is 0 Å². The molecule has 0 spiro atoms. The number of carbonyl (C=O) groups excluding carboxylic acids is 1. The average molecular weight is 429 g/mol. The maximum atomic E-state index is 10.7. The highest BCUT2D eigenvalue weighted by atomic mass is 32.2. The van der Waals surface area contributed by atoms with E-state index in [9.17, 15) is 9.59 Å². The summed E-state index contributed by atoms with van der Waals surface area (Å²) in [6, 6.07) is 0.888. The number of carboxylic acids is 1. The minimum atomic E-state index is -1.04. The number of hydrogen-bond donors (Lipinski definition) is 4. The second kappa shape index (κ2) is 15.7. The van der Waals surface area contributed by atoms with Gasteiger partial charge in [-0.2, -0.15) is 11.8 Å². The lowest BCUT2D eigenvalue weighted by Gasteiger charge is -2.30. The summed E-state index contributed by atoms with van der Waals surface area (Å²) in [5, 5.41) is 23.7. The summed E-state index contributed by atoms with van der Waals surface area (Å²) in [4.78, 5) is 21.5. The Balaban J connectivity index is 0.000000294. The van der Waals surface area contributed by atoms with E-state index < -0.39 is 12.0 Å². The van der Waals surface area contributed by atoms with Gasteiger partial charge in [0.1, 0.15) is 6.04 Å². The predicted molar refractivity (Wildman–Crippen MR) is 120 cm³/mol. The van der Waals surface area contributed by atoms with Gasteiger partial charge in [0.2, 0.25) is 5.91 Å². The fraction of sp³-hybridized carbons (Fsp3) is 0.818.